The van der Waals surface area contributed by atoms with E-state index in [1.54, 1.807) is 0 Å². The quantitative estimate of drug-likeness (QED) is 0.576. The van der Waals surface area contributed by atoms with Crippen molar-refractivity contribution in [1.29, 1.82) is 0 Å². The zero-order valence-corrected chi connectivity index (χ0v) is 13.4. The van der Waals surface area contributed by atoms with Gasteiger partial charge in [0.25, 0.3) is 0 Å². The fourth-order valence-electron chi connectivity index (χ4n) is 2.91. The van der Waals surface area contributed by atoms with E-state index in [9.17, 15) is 17.6 Å². The molecule has 0 heterocycles. The van der Waals surface area contributed by atoms with E-state index < -0.39 is 17.9 Å². The molecule has 0 aromatic heterocycles. The van der Waals surface area contributed by atoms with E-state index in [4.69, 9.17) is 0 Å². The highest BCUT2D eigenvalue weighted by molar-refractivity contribution is 7.27. The van der Waals surface area contributed by atoms with Crippen molar-refractivity contribution in [2.24, 2.45) is 11.3 Å². The molecule has 1 aliphatic rings. The summed E-state index contributed by atoms with van der Waals surface area (Å²) in [5.41, 5.74) is 0.674. The van der Waals surface area contributed by atoms with Crippen molar-refractivity contribution < 1.29 is 22.3 Å². The Morgan fingerprint density at radius 3 is 2.19 bits per heavy atom. The van der Waals surface area contributed by atoms with Gasteiger partial charge in [-0.15, -0.1) is 22.4 Å². The van der Waals surface area contributed by atoms with Crippen LogP contribution < -0.4 is 10.0 Å². The number of ether oxygens (including phenoxy) is 1. The van der Waals surface area contributed by atoms with Crippen molar-refractivity contribution in [3.05, 3.63) is 23.5 Å². The van der Waals surface area contributed by atoms with E-state index in [0.717, 1.165) is 24.5 Å². The van der Waals surface area contributed by atoms with Gasteiger partial charge >= 0.3 is 6.36 Å². The van der Waals surface area contributed by atoms with Gasteiger partial charge in [-0.05, 0) is 53.1 Å². The van der Waals surface area contributed by atoms with E-state index in [1.807, 2.05) is 0 Å². The Bertz CT molecular complexity index is 530. The van der Waals surface area contributed by atoms with Crippen molar-refractivity contribution in [3.63, 3.8) is 0 Å². The Morgan fingerprint density at radius 1 is 1.19 bits per heavy atom. The molecule has 0 aliphatic heterocycles. The van der Waals surface area contributed by atoms with Crippen LogP contribution in [-0.4, -0.2) is 6.36 Å². The van der Waals surface area contributed by atoms with Gasteiger partial charge < -0.3 is 4.74 Å². The number of rotatable bonds is 3. The van der Waals surface area contributed by atoms with Crippen LogP contribution in [0.3, 0.4) is 0 Å². The highest BCUT2D eigenvalue weighted by Gasteiger charge is 2.41. The lowest BCUT2D eigenvalue weighted by atomic mass is 9.73. The van der Waals surface area contributed by atoms with Crippen molar-refractivity contribution in [2.75, 3.05) is 0 Å². The minimum atomic E-state index is -4.89. The van der Waals surface area contributed by atoms with E-state index in [-0.39, 0.29) is 11.3 Å². The molecule has 0 radical (unpaired) electrons. The van der Waals surface area contributed by atoms with Crippen LogP contribution in [0.5, 0.6) is 5.75 Å². The van der Waals surface area contributed by atoms with Crippen LogP contribution in [0.2, 0.25) is 0 Å². The molecule has 2 rings (SSSR count). The molecule has 1 fully saturated rings. The Balaban J connectivity index is 2.39. The monoisotopic (exact) mass is 322 g/mol. The minimum Gasteiger partial charge on any atom is -0.403 e. The van der Waals surface area contributed by atoms with Gasteiger partial charge in [0.15, 0.2) is 11.6 Å². The second-order valence-electron chi connectivity index (χ2n) is 6.64. The molecule has 1 aliphatic carbocycles. The topological polar surface area (TPSA) is 9.23 Å². The predicted molar refractivity (Wildman–Crippen MR) is 77.3 cm³/mol. The summed E-state index contributed by atoms with van der Waals surface area (Å²) >= 11 is 0. The molecular formula is C15H19F4OP. The molecule has 6 heteroatoms. The lowest BCUT2D eigenvalue weighted by Gasteiger charge is -2.32. The van der Waals surface area contributed by atoms with Crippen LogP contribution in [0.25, 0.3) is 0 Å². The van der Waals surface area contributed by atoms with Crippen LogP contribution in [0.1, 0.15) is 45.1 Å². The van der Waals surface area contributed by atoms with Crippen LogP contribution >= 0.6 is 9.24 Å². The van der Waals surface area contributed by atoms with Crippen molar-refractivity contribution in [2.45, 2.75) is 45.9 Å². The summed E-state index contributed by atoms with van der Waals surface area (Å²) in [5.74, 6) is -1.15. The number of benzene rings is 1. The van der Waals surface area contributed by atoms with Crippen molar-refractivity contribution in [1.82, 2.24) is 0 Å². The number of hydrogen-bond acceptors (Lipinski definition) is 1. The second-order valence-corrected chi connectivity index (χ2v) is 7.26. The van der Waals surface area contributed by atoms with E-state index in [0.29, 0.717) is 11.2 Å². The largest absolute Gasteiger partial charge is 0.573 e. The third-order valence-electron chi connectivity index (χ3n) is 3.72. The summed E-state index contributed by atoms with van der Waals surface area (Å²) in [6.07, 6.45) is -2.73. The molecule has 2 unspecified atom stereocenters. The number of halogens is 4. The third kappa shape index (κ3) is 4.09. The van der Waals surface area contributed by atoms with E-state index in [1.165, 1.54) is 6.07 Å². The lowest BCUT2D eigenvalue weighted by molar-refractivity contribution is -0.275. The second kappa shape index (κ2) is 5.42. The number of alkyl halides is 3. The van der Waals surface area contributed by atoms with Gasteiger partial charge in [0.05, 0.1) is 0 Å². The van der Waals surface area contributed by atoms with Crippen LogP contribution in [0.4, 0.5) is 17.6 Å². The minimum absolute atomic E-state index is 0.0780. The maximum absolute atomic E-state index is 14.0. The van der Waals surface area contributed by atoms with E-state index in [2.05, 4.69) is 34.7 Å². The molecule has 118 valence electrons. The molecule has 1 saturated carbocycles. The summed E-state index contributed by atoms with van der Waals surface area (Å²) < 4.78 is 54.4. The zero-order valence-electron chi connectivity index (χ0n) is 12.2. The van der Waals surface area contributed by atoms with Crippen molar-refractivity contribution >= 4 is 14.5 Å². The van der Waals surface area contributed by atoms with Gasteiger partial charge in [-0.2, -0.15) is 0 Å². The molecule has 0 bridgehead atoms. The summed E-state index contributed by atoms with van der Waals surface area (Å²) in [6, 6.07) is 2.31. The average Bonchev–Trinajstić information content (AvgIpc) is 3.05. The van der Waals surface area contributed by atoms with Crippen LogP contribution in [-0.2, 0) is 0 Å². The average molecular weight is 322 g/mol. The van der Waals surface area contributed by atoms with Gasteiger partial charge in [0.1, 0.15) is 0 Å². The SMILES string of the molecule is CC(C)(C)C(c1cc(F)c(OC(F)(F)F)cc1P)C1CC1. The van der Waals surface area contributed by atoms with Gasteiger partial charge in [-0.1, -0.05) is 20.8 Å². The summed E-state index contributed by atoms with van der Waals surface area (Å²) in [5, 5.41) is 0.558. The first kappa shape index (κ1) is 16.5. The standard InChI is InChI=1S/C15H19F4OP/c1-14(2,3)13(8-4-5-8)9-6-10(16)11(7-12(9)21)20-15(17,18)19/h6-8,13H,4-5,21H2,1-3H3. The molecule has 0 spiro atoms. The summed E-state index contributed by atoms with van der Waals surface area (Å²) in [7, 11) is 2.40. The third-order valence-corrected chi connectivity index (χ3v) is 4.22. The molecular weight excluding hydrogens is 303 g/mol. The Kier molecular flexibility index (Phi) is 4.27. The van der Waals surface area contributed by atoms with Crippen molar-refractivity contribution in [3.8, 4) is 5.75 Å². The lowest BCUT2D eigenvalue weighted by Crippen LogP contribution is -2.25. The van der Waals surface area contributed by atoms with E-state index >= 15 is 0 Å². The maximum atomic E-state index is 14.0. The molecule has 0 amide bonds. The number of hydrogen-bond donors (Lipinski definition) is 0. The molecule has 1 nitrogen and oxygen atoms in total. The van der Waals surface area contributed by atoms with Gasteiger partial charge in [-0.3, -0.25) is 0 Å². The maximum Gasteiger partial charge on any atom is 0.573 e. The molecule has 21 heavy (non-hydrogen) atoms. The highest BCUT2D eigenvalue weighted by atomic mass is 31.0. The van der Waals surface area contributed by atoms with Gasteiger partial charge in [0, 0.05) is 0 Å². The molecule has 1 aromatic carbocycles. The zero-order chi connectivity index (χ0) is 16.0. The normalized spacial score (nSPS) is 17.7. The summed E-state index contributed by atoms with van der Waals surface area (Å²) in [4.78, 5) is 0. The first-order valence-corrected chi connectivity index (χ1v) is 7.41. The molecule has 0 N–H and O–H groups in total. The fraction of sp³-hybridized carbons (Fsp3) is 0.600. The van der Waals surface area contributed by atoms with Crippen LogP contribution in [0.15, 0.2) is 12.1 Å². The Labute approximate surface area is 124 Å². The summed E-state index contributed by atoms with van der Waals surface area (Å²) in [6.45, 7) is 6.20. The predicted octanol–water partition coefficient (Wildman–Crippen LogP) is 4.76. The molecule has 1 aromatic rings. The first-order valence-electron chi connectivity index (χ1n) is 6.83. The fourth-order valence-corrected chi connectivity index (χ4v) is 3.33. The first-order chi connectivity index (χ1) is 9.49. The smallest absolute Gasteiger partial charge is 0.403 e. The Hall–Kier alpha value is -0.830. The Morgan fingerprint density at radius 2 is 1.76 bits per heavy atom. The van der Waals surface area contributed by atoms with Crippen LogP contribution in [0, 0.1) is 17.2 Å². The van der Waals surface area contributed by atoms with Gasteiger partial charge in [-0.25, -0.2) is 4.39 Å². The molecule has 2 atom stereocenters. The van der Waals surface area contributed by atoms with Gasteiger partial charge in [0.2, 0.25) is 0 Å². The highest BCUT2D eigenvalue weighted by Crippen LogP contribution is 2.51. The molecule has 0 saturated heterocycles.